The van der Waals surface area contributed by atoms with E-state index in [0.29, 0.717) is 11.5 Å². The number of methoxy groups -OCH3 is 1. The molecule has 0 aliphatic heterocycles. The van der Waals surface area contributed by atoms with Crippen molar-refractivity contribution in [1.29, 1.82) is 0 Å². The molecule has 1 aliphatic carbocycles. The van der Waals surface area contributed by atoms with Crippen molar-refractivity contribution in [3.63, 3.8) is 0 Å². The molecule has 0 aromatic heterocycles. The van der Waals surface area contributed by atoms with Gasteiger partial charge < -0.3 is 14.8 Å². The van der Waals surface area contributed by atoms with E-state index in [1.54, 1.807) is 7.11 Å². The number of unbranched alkanes of at least 4 members (excludes halogenated alkanes) is 1. The first kappa shape index (κ1) is 15.9. The number of hydrogen-bond acceptors (Lipinski definition) is 3. The van der Waals surface area contributed by atoms with Gasteiger partial charge in [0.1, 0.15) is 0 Å². The molecule has 0 unspecified atom stereocenters. The highest BCUT2D eigenvalue weighted by atomic mass is 16.5. The van der Waals surface area contributed by atoms with Crippen molar-refractivity contribution < 1.29 is 9.47 Å². The minimum Gasteiger partial charge on any atom is -0.383 e. The Morgan fingerprint density at radius 1 is 1.06 bits per heavy atom. The van der Waals surface area contributed by atoms with Crippen LogP contribution in [0, 0.1) is 5.41 Å². The molecule has 0 bridgehead atoms. The van der Waals surface area contributed by atoms with Gasteiger partial charge in [0.05, 0.1) is 12.7 Å². The molecule has 3 nitrogen and oxygen atoms in total. The first-order valence-corrected chi connectivity index (χ1v) is 7.45. The monoisotopic (exact) mass is 257 g/mol. The van der Waals surface area contributed by atoms with Gasteiger partial charge in [-0.05, 0) is 50.5 Å². The Morgan fingerprint density at radius 3 is 2.44 bits per heavy atom. The summed E-state index contributed by atoms with van der Waals surface area (Å²) in [5, 5.41) is 3.35. The fourth-order valence-electron chi connectivity index (χ4n) is 2.44. The van der Waals surface area contributed by atoms with Gasteiger partial charge in [-0.2, -0.15) is 0 Å². The van der Waals surface area contributed by atoms with Crippen LogP contribution < -0.4 is 5.32 Å². The van der Waals surface area contributed by atoms with Crippen LogP contribution in [-0.2, 0) is 9.47 Å². The van der Waals surface area contributed by atoms with E-state index in [0.717, 1.165) is 26.3 Å². The summed E-state index contributed by atoms with van der Waals surface area (Å²) in [6.07, 6.45) is 8.02. The molecular formula is C15H31NO2. The summed E-state index contributed by atoms with van der Waals surface area (Å²) in [5.74, 6) is 0. The second kappa shape index (κ2) is 8.89. The van der Waals surface area contributed by atoms with Gasteiger partial charge in [-0.3, -0.25) is 0 Å². The van der Waals surface area contributed by atoms with E-state index in [4.69, 9.17) is 9.47 Å². The normalized spacial score (nSPS) is 20.2. The molecule has 0 heterocycles. The zero-order valence-corrected chi connectivity index (χ0v) is 12.5. The lowest BCUT2D eigenvalue weighted by Gasteiger charge is -2.34. The van der Waals surface area contributed by atoms with Crippen molar-refractivity contribution in [2.45, 2.75) is 58.5 Å². The Balaban J connectivity index is 1.87. The van der Waals surface area contributed by atoms with E-state index in [1.807, 2.05) is 0 Å². The number of ether oxygens (including phenoxy) is 2. The van der Waals surface area contributed by atoms with E-state index in [1.165, 1.54) is 38.5 Å². The second-order valence-corrected chi connectivity index (χ2v) is 6.18. The zero-order chi connectivity index (χ0) is 13.3. The maximum absolute atomic E-state index is 5.95. The van der Waals surface area contributed by atoms with Gasteiger partial charge in [-0.1, -0.05) is 13.8 Å². The van der Waals surface area contributed by atoms with E-state index in [-0.39, 0.29) is 0 Å². The van der Waals surface area contributed by atoms with Gasteiger partial charge in [0, 0.05) is 20.3 Å². The molecule has 0 atom stereocenters. The highest BCUT2D eigenvalue weighted by molar-refractivity contribution is 4.78. The summed E-state index contributed by atoms with van der Waals surface area (Å²) in [5.41, 5.74) is 0.547. The third-order valence-electron chi connectivity index (χ3n) is 3.87. The third-order valence-corrected chi connectivity index (χ3v) is 3.87. The van der Waals surface area contributed by atoms with E-state index < -0.39 is 0 Å². The van der Waals surface area contributed by atoms with Crippen molar-refractivity contribution in [1.82, 2.24) is 5.32 Å². The van der Waals surface area contributed by atoms with Crippen LogP contribution in [-0.4, -0.2) is 39.5 Å². The molecule has 0 aromatic rings. The van der Waals surface area contributed by atoms with Crippen LogP contribution in [0.25, 0.3) is 0 Å². The molecule has 1 saturated carbocycles. The molecular weight excluding hydrogens is 226 g/mol. The van der Waals surface area contributed by atoms with Crippen LogP contribution >= 0.6 is 0 Å². The van der Waals surface area contributed by atoms with Crippen molar-refractivity contribution in [3.8, 4) is 0 Å². The fourth-order valence-corrected chi connectivity index (χ4v) is 2.44. The predicted molar refractivity (Wildman–Crippen MR) is 76.0 cm³/mol. The lowest BCUT2D eigenvalue weighted by molar-refractivity contribution is 0.00291. The van der Waals surface area contributed by atoms with Gasteiger partial charge in [0.2, 0.25) is 0 Å². The maximum Gasteiger partial charge on any atom is 0.0587 e. The van der Waals surface area contributed by atoms with Gasteiger partial charge in [0.15, 0.2) is 0 Å². The van der Waals surface area contributed by atoms with Crippen LogP contribution in [0.15, 0.2) is 0 Å². The molecule has 1 fully saturated rings. The average Bonchev–Trinajstić information content (AvgIpc) is 2.34. The topological polar surface area (TPSA) is 30.5 Å². The smallest absolute Gasteiger partial charge is 0.0587 e. The maximum atomic E-state index is 5.95. The molecule has 18 heavy (non-hydrogen) atoms. The summed E-state index contributed by atoms with van der Waals surface area (Å²) in [7, 11) is 1.74. The molecule has 1 rings (SSSR count). The summed E-state index contributed by atoms with van der Waals surface area (Å²) in [6, 6.07) is 0. The lowest BCUT2D eigenvalue weighted by Crippen LogP contribution is -2.27. The Labute approximate surface area is 113 Å². The highest BCUT2D eigenvalue weighted by Gasteiger charge is 2.26. The van der Waals surface area contributed by atoms with Crippen LogP contribution in [0.1, 0.15) is 52.4 Å². The predicted octanol–water partition coefficient (Wildman–Crippen LogP) is 2.99. The SMILES string of the molecule is COCCNCCCCOC1CCC(C)(C)CC1. The van der Waals surface area contributed by atoms with Gasteiger partial charge in [-0.25, -0.2) is 0 Å². The second-order valence-electron chi connectivity index (χ2n) is 6.18. The largest absolute Gasteiger partial charge is 0.383 e. The molecule has 0 amide bonds. The summed E-state index contributed by atoms with van der Waals surface area (Å²) in [4.78, 5) is 0. The quantitative estimate of drug-likeness (QED) is 0.644. The molecule has 0 saturated heterocycles. The highest BCUT2D eigenvalue weighted by Crippen LogP contribution is 2.36. The molecule has 0 spiro atoms. The Kier molecular flexibility index (Phi) is 7.87. The molecule has 1 aliphatic rings. The van der Waals surface area contributed by atoms with Crippen molar-refractivity contribution in [3.05, 3.63) is 0 Å². The minimum atomic E-state index is 0.527. The van der Waals surface area contributed by atoms with Crippen molar-refractivity contribution in [2.75, 3.05) is 33.4 Å². The summed E-state index contributed by atoms with van der Waals surface area (Å²) >= 11 is 0. The molecule has 108 valence electrons. The molecule has 3 heteroatoms. The van der Waals surface area contributed by atoms with Gasteiger partial charge in [0.25, 0.3) is 0 Å². The molecule has 1 N–H and O–H groups in total. The van der Waals surface area contributed by atoms with Gasteiger partial charge >= 0.3 is 0 Å². The summed E-state index contributed by atoms with van der Waals surface area (Å²) < 4.78 is 10.9. The first-order valence-electron chi connectivity index (χ1n) is 7.45. The van der Waals surface area contributed by atoms with Crippen LogP contribution in [0.4, 0.5) is 0 Å². The Bertz CT molecular complexity index is 197. The number of hydrogen-bond donors (Lipinski definition) is 1. The molecule has 0 radical (unpaired) electrons. The van der Waals surface area contributed by atoms with Gasteiger partial charge in [-0.15, -0.1) is 0 Å². The summed E-state index contributed by atoms with van der Waals surface area (Å²) in [6.45, 7) is 8.49. The minimum absolute atomic E-state index is 0.527. The van der Waals surface area contributed by atoms with Crippen molar-refractivity contribution in [2.24, 2.45) is 5.41 Å². The Morgan fingerprint density at radius 2 is 1.78 bits per heavy atom. The van der Waals surface area contributed by atoms with Crippen LogP contribution in [0.5, 0.6) is 0 Å². The lowest BCUT2D eigenvalue weighted by atomic mass is 9.76. The zero-order valence-electron chi connectivity index (χ0n) is 12.5. The molecule has 0 aromatic carbocycles. The Hall–Kier alpha value is -0.120. The van der Waals surface area contributed by atoms with E-state index in [9.17, 15) is 0 Å². The van der Waals surface area contributed by atoms with Crippen LogP contribution in [0.3, 0.4) is 0 Å². The van der Waals surface area contributed by atoms with Crippen LogP contribution in [0.2, 0.25) is 0 Å². The van der Waals surface area contributed by atoms with Crippen molar-refractivity contribution >= 4 is 0 Å². The number of nitrogens with one attached hydrogen (secondary N) is 1. The van der Waals surface area contributed by atoms with E-state index in [2.05, 4.69) is 19.2 Å². The third kappa shape index (κ3) is 7.34. The average molecular weight is 257 g/mol. The number of rotatable bonds is 9. The fraction of sp³-hybridized carbons (Fsp3) is 1.00. The standard InChI is InChI=1S/C15H31NO2/c1-15(2)8-6-14(7-9-15)18-12-5-4-10-16-11-13-17-3/h14,16H,4-13H2,1-3H3. The first-order chi connectivity index (χ1) is 8.64. The van der Waals surface area contributed by atoms with E-state index >= 15 is 0 Å².